The van der Waals surface area contributed by atoms with E-state index in [-0.39, 0.29) is 5.56 Å². The molecule has 0 saturated carbocycles. The summed E-state index contributed by atoms with van der Waals surface area (Å²) in [5, 5.41) is 9.80. The van der Waals surface area contributed by atoms with Gasteiger partial charge in [0.1, 0.15) is 28.2 Å². The lowest BCUT2D eigenvalue weighted by molar-refractivity contribution is 0.414. The largest absolute Gasteiger partial charge is 0.497 e. The summed E-state index contributed by atoms with van der Waals surface area (Å²) < 4.78 is 6.59. The molecule has 0 amide bonds. The molecule has 0 atom stereocenters. The van der Waals surface area contributed by atoms with E-state index in [1.165, 1.54) is 16.3 Å². The number of rotatable bonds is 4. The summed E-state index contributed by atoms with van der Waals surface area (Å²) in [6.45, 7) is 0. The average molecular weight is 350 g/mol. The molecule has 7 heteroatoms. The first-order valence-corrected chi connectivity index (χ1v) is 8.58. The van der Waals surface area contributed by atoms with Gasteiger partial charge in [-0.25, -0.2) is 4.98 Å². The van der Waals surface area contributed by atoms with E-state index in [4.69, 9.17) is 4.74 Å². The molecular formula is C18H14N4O2S. The third-order valence-electron chi connectivity index (χ3n) is 3.61. The molecule has 0 aliphatic rings. The predicted octanol–water partition coefficient (Wildman–Crippen LogP) is 2.90. The Labute approximate surface area is 148 Å². The van der Waals surface area contributed by atoms with E-state index in [0.717, 1.165) is 0 Å². The standard InChI is InChI=1S/C18H14N4O2S/c1-24-14-7-5-13(6-8-14)22-16(12-4-3-9-20-11-12)21-17(25-2)15(10-19)18(22)23/h3-9,11H,1-2H3. The van der Waals surface area contributed by atoms with Gasteiger partial charge in [0.25, 0.3) is 5.56 Å². The van der Waals surface area contributed by atoms with Gasteiger partial charge in [0.2, 0.25) is 0 Å². The van der Waals surface area contributed by atoms with Crippen molar-refractivity contribution >= 4 is 11.8 Å². The first-order valence-electron chi connectivity index (χ1n) is 7.35. The van der Waals surface area contributed by atoms with Crippen LogP contribution in [0.5, 0.6) is 5.75 Å². The monoisotopic (exact) mass is 350 g/mol. The van der Waals surface area contributed by atoms with Crippen molar-refractivity contribution < 1.29 is 4.74 Å². The Morgan fingerprint density at radius 1 is 1.24 bits per heavy atom. The van der Waals surface area contributed by atoms with Crippen LogP contribution in [0, 0.1) is 11.3 Å². The van der Waals surface area contributed by atoms with Gasteiger partial charge < -0.3 is 4.74 Å². The highest BCUT2D eigenvalue weighted by Gasteiger charge is 2.18. The van der Waals surface area contributed by atoms with Gasteiger partial charge in [-0.2, -0.15) is 5.26 Å². The lowest BCUT2D eigenvalue weighted by atomic mass is 10.2. The number of methoxy groups -OCH3 is 1. The predicted molar refractivity (Wildman–Crippen MR) is 96.1 cm³/mol. The number of hydrogen-bond acceptors (Lipinski definition) is 6. The van der Waals surface area contributed by atoms with Crippen molar-refractivity contribution in [2.75, 3.05) is 13.4 Å². The molecule has 0 aliphatic heterocycles. The number of thioether (sulfide) groups is 1. The second-order valence-electron chi connectivity index (χ2n) is 5.01. The molecule has 6 nitrogen and oxygen atoms in total. The molecule has 124 valence electrons. The Balaban J connectivity index is 2.35. The number of ether oxygens (including phenoxy) is 1. The SMILES string of the molecule is COc1ccc(-n2c(-c3cccnc3)nc(SC)c(C#N)c2=O)cc1. The smallest absolute Gasteiger partial charge is 0.277 e. The molecule has 0 N–H and O–H groups in total. The van der Waals surface area contributed by atoms with Gasteiger partial charge in [0.05, 0.1) is 12.8 Å². The van der Waals surface area contributed by atoms with Crippen molar-refractivity contribution in [3.63, 3.8) is 0 Å². The van der Waals surface area contributed by atoms with Crippen LogP contribution in [0.4, 0.5) is 0 Å². The Morgan fingerprint density at radius 2 is 2.00 bits per heavy atom. The molecule has 3 rings (SSSR count). The lowest BCUT2D eigenvalue weighted by Crippen LogP contribution is -2.25. The van der Waals surface area contributed by atoms with E-state index >= 15 is 0 Å². The van der Waals surface area contributed by atoms with Crippen molar-refractivity contribution in [3.05, 3.63) is 64.7 Å². The zero-order valence-electron chi connectivity index (χ0n) is 13.6. The average Bonchev–Trinajstić information content (AvgIpc) is 2.68. The van der Waals surface area contributed by atoms with Gasteiger partial charge in [-0.05, 0) is 42.7 Å². The van der Waals surface area contributed by atoms with E-state index in [1.54, 1.807) is 56.1 Å². The molecule has 0 unspecified atom stereocenters. The second-order valence-corrected chi connectivity index (χ2v) is 5.81. The highest BCUT2D eigenvalue weighted by molar-refractivity contribution is 7.98. The number of hydrogen-bond donors (Lipinski definition) is 0. The van der Waals surface area contributed by atoms with Crippen LogP contribution in [-0.2, 0) is 0 Å². The van der Waals surface area contributed by atoms with Gasteiger partial charge in [0.15, 0.2) is 0 Å². The highest BCUT2D eigenvalue weighted by Crippen LogP contribution is 2.24. The first kappa shape index (κ1) is 16.7. The zero-order valence-corrected chi connectivity index (χ0v) is 14.4. The maximum atomic E-state index is 13.0. The maximum Gasteiger partial charge on any atom is 0.277 e. The molecule has 25 heavy (non-hydrogen) atoms. The summed E-state index contributed by atoms with van der Waals surface area (Å²) >= 11 is 1.27. The van der Waals surface area contributed by atoms with Crippen molar-refractivity contribution in [2.45, 2.75) is 5.03 Å². The van der Waals surface area contributed by atoms with Crippen molar-refractivity contribution in [3.8, 4) is 28.9 Å². The summed E-state index contributed by atoms with van der Waals surface area (Å²) in [6.07, 6.45) is 5.07. The summed E-state index contributed by atoms with van der Waals surface area (Å²) in [5.74, 6) is 1.11. The molecule has 0 fully saturated rings. The molecule has 1 aromatic carbocycles. The van der Waals surface area contributed by atoms with E-state index in [1.807, 2.05) is 12.1 Å². The van der Waals surface area contributed by atoms with Crippen LogP contribution in [0.1, 0.15) is 5.56 Å². The van der Waals surface area contributed by atoms with Crippen LogP contribution >= 0.6 is 11.8 Å². The minimum absolute atomic E-state index is 0.0240. The fourth-order valence-electron chi connectivity index (χ4n) is 2.40. The molecule has 2 aromatic heterocycles. The minimum Gasteiger partial charge on any atom is -0.497 e. The molecule has 0 saturated heterocycles. The highest BCUT2D eigenvalue weighted by atomic mass is 32.2. The van der Waals surface area contributed by atoms with Gasteiger partial charge in [-0.1, -0.05) is 0 Å². The second kappa shape index (κ2) is 7.20. The number of aromatic nitrogens is 3. The van der Waals surface area contributed by atoms with Crippen LogP contribution in [0.2, 0.25) is 0 Å². The topological polar surface area (TPSA) is 80.8 Å². The van der Waals surface area contributed by atoms with Crippen LogP contribution < -0.4 is 10.3 Å². The molecule has 0 radical (unpaired) electrons. The van der Waals surface area contributed by atoms with Gasteiger partial charge >= 0.3 is 0 Å². The molecule has 0 bridgehead atoms. The molecule has 0 aliphatic carbocycles. The van der Waals surface area contributed by atoms with Crippen molar-refractivity contribution in [1.82, 2.24) is 14.5 Å². The summed E-state index contributed by atoms with van der Waals surface area (Å²) in [7, 11) is 1.57. The number of pyridine rings is 1. The number of nitrogens with zero attached hydrogens (tertiary/aromatic N) is 4. The summed E-state index contributed by atoms with van der Waals surface area (Å²) in [4.78, 5) is 21.6. The van der Waals surface area contributed by atoms with Crippen molar-refractivity contribution in [2.24, 2.45) is 0 Å². The zero-order chi connectivity index (χ0) is 17.8. The molecule has 2 heterocycles. The molecule has 3 aromatic rings. The Morgan fingerprint density at radius 3 is 2.56 bits per heavy atom. The first-order chi connectivity index (χ1) is 12.2. The van der Waals surface area contributed by atoms with E-state index < -0.39 is 5.56 Å². The lowest BCUT2D eigenvalue weighted by Gasteiger charge is -2.14. The minimum atomic E-state index is -0.411. The third-order valence-corrected chi connectivity index (χ3v) is 4.29. The fraction of sp³-hybridized carbons (Fsp3) is 0.111. The normalized spacial score (nSPS) is 10.3. The Bertz CT molecular complexity index is 993. The van der Waals surface area contributed by atoms with E-state index in [2.05, 4.69) is 9.97 Å². The number of benzene rings is 1. The van der Waals surface area contributed by atoms with E-state index in [9.17, 15) is 10.1 Å². The summed E-state index contributed by atoms with van der Waals surface area (Å²) in [6, 6.07) is 12.6. The van der Waals surface area contributed by atoms with E-state index in [0.29, 0.717) is 27.9 Å². The Kier molecular flexibility index (Phi) is 4.82. The summed E-state index contributed by atoms with van der Waals surface area (Å²) in [5.41, 5.74) is 0.901. The molecule has 0 spiro atoms. The van der Waals surface area contributed by atoms with Crippen LogP contribution in [0.3, 0.4) is 0 Å². The number of nitriles is 1. The van der Waals surface area contributed by atoms with Crippen molar-refractivity contribution in [1.29, 1.82) is 5.26 Å². The van der Waals surface area contributed by atoms with Crippen LogP contribution in [0.15, 0.2) is 58.6 Å². The Hall–Kier alpha value is -3.11. The van der Waals surface area contributed by atoms with Gasteiger partial charge in [-0.15, -0.1) is 11.8 Å². The quantitative estimate of drug-likeness (QED) is 0.532. The van der Waals surface area contributed by atoms with Gasteiger partial charge in [0, 0.05) is 18.0 Å². The van der Waals surface area contributed by atoms with Crippen LogP contribution in [-0.4, -0.2) is 27.9 Å². The maximum absolute atomic E-state index is 13.0. The molecular weight excluding hydrogens is 336 g/mol. The fourth-order valence-corrected chi connectivity index (χ4v) is 2.92. The van der Waals surface area contributed by atoms with Gasteiger partial charge in [-0.3, -0.25) is 14.3 Å². The third kappa shape index (κ3) is 3.12. The van der Waals surface area contributed by atoms with Crippen LogP contribution in [0.25, 0.3) is 17.1 Å².